The van der Waals surface area contributed by atoms with Gasteiger partial charge in [-0.15, -0.1) is 0 Å². The van der Waals surface area contributed by atoms with Gasteiger partial charge in [-0.05, 0) is 12.8 Å². The molecule has 0 aliphatic carbocycles. The molecule has 6 heteroatoms. The molecule has 1 atom stereocenters. The highest BCUT2D eigenvalue weighted by atomic mass is 32.2. The van der Waals surface area contributed by atoms with Crippen LogP contribution in [-0.4, -0.2) is 29.3 Å². The van der Waals surface area contributed by atoms with E-state index in [9.17, 15) is 13.2 Å². The van der Waals surface area contributed by atoms with E-state index in [4.69, 9.17) is 9.66 Å². The molecule has 0 spiro atoms. The monoisotopic (exact) mass is 378 g/mol. The molecule has 1 unspecified atom stereocenters. The van der Waals surface area contributed by atoms with Gasteiger partial charge in [0.05, 0.1) is 0 Å². The summed E-state index contributed by atoms with van der Waals surface area (Å²) in [6, 6.07) is 0. The van der Waals surface area contributed by atoms with E-state index >= 15 is 0 Å². The van der Waals surface area contributed by atoms with Gasteiger partial charge in [-0.1, -0.05) is 84.0 Å². The van der Waals surface area contributed by atoms with Gasteiger partial charge in [0.1, 0.15) is 5.78 Å². The van der Waals surface area contributed by atoms with Crippen molar-refractivity contribution >= 4 is 15.9 Å². The number of carbonyl (C=O) groups is 1. The molecule has 0 aromatic rings. The minimum Gasteiger partial charge on any atom is -0.375 e. The quantitative estimate of drug-likeness (QED) is 0.258. The normalized spacial score (nSPS) is 13.1. The predicted molar refractivity (Wildman–Crippen MR) is 102 cm³/mol. The van der Waals surface area contributed by atoms with Gasteiger partial charge in [-0.3, -0.25) is 9.35 Å². The number of unbranched alkanes of at least 4 members (excludes halogenated alkanes) is 12. The van der Waals surface area contributed by atoms with Crippen molar-refractivity contribution in [1.29, 1.82) is 0 Å². The Labute approximate surface area is 154 Å². The third kappa shape index (κ3) is 16.7. The maximum atomic E-state index is 11.6. The van der Waals surface area contributed by atoms with Crippen molar-refractivity contribution in [3.8, 4) is 0 Å². The lowest BCUT2D eigenvalue weighted by Gasteiger charge is -2.06. The van der Waals surface area contributed by atoms with Crippen LogP contribution in [0.1, 0.15) is 110 Å². The van der Waals surface area contributed by atoms with Crippen LogP contribution in [0.15, 0.2) is 0 Å². The fourth-order valence-corrected chi connectivity index (χ4v) is 3.31. The lowest BCUT2D eigenvalue weighted by molar-refractivity contribution is -0.119. The van der Waals surface area contributed by atoms with E-state index in [0.29, 0.717) is 6.42 Å². The van der Waals surface area contributed by atoms with Gasteiger partial charge in [0.2, 0.25) is 0 Å². The average molecular weight is 379 g/mol. The third-order valence-electron chi connectivity index (χ3n) is 4.57. The van der Waals surface area contributed by atoms with Crippen molar-refractivity contribution in [3.05, 3.63) is 0 Å². The molecule has 0 aromatic carbocycles. The first-order valence-corrected chi connectivity index (χ1v) is 11.5. The van der Waals surface area contributed by atoms with Crippen molar-refractivity contribution in [2.24, 2.45) is 0 Å². The van der Waals surface area contributed by atoms with Crippen LogP contribution in [0, 0.1) is 0 Å². The summed E-state index contributed by atoms with van der Waals surface area (Å²) >= 11 is 0. The summed E-state index contributed by atoms with van der Waals surface area (Å²) in [6.07, 6.45) is 16.4. The molecule has 0 saturated heterocycles. The minimum absolute atomic E-state index is 0.000781. The van der Waals surface area contributed by atoms with E-state index in [-0.39, 0.29) is 18.6 Å². The fourth-order valence-electron chi connectivity index (χ4n) is 2.90. The molecule has 25 heavy (non-hydrogen) atoms. The summed E-state index contributed by atoms with van der Waals surface area (Å²) in [5, 5.41) is 9.13. The number of Topliss-reactive ketones (excluding diaryl/α,β-unsaturated/α-hetero) is 1. The molecule has 0 bridgehead atoms. The predicted octanol–water partition coefficient (Wildman–Crippen LogP) is 5.02. The molecule has 0 amide bonds. The summed E-state index contributed by atoms with van der Waals surface area (Å²) in [5.74, 6) is -0.0502. The highest BCUT2D eigenvalue weighted by Crippen LogP contribution is 2.13. The van der Waals surface area contributed by atoms with Crippen LogP contribution >= 0.6 is 0 Å². The molecule has 0 aromatic heterocycles. The first-order valence-electron chi connectivity index (χ1n) is 10.0. The van der Waals surface area contributed by atoms with Crippen LogP contribution in [0.3, 0.4) is 0 Å². The molecule has 150 valence electrons. The molecule has 0 heterocycles. The van der Waals surface area contributed by atoms with Gasteiger partial charge in [-0.2, -0.15) is 8.42 Å². The largest absolute Gasteiger partial charge is 0.375 e. The number of ketones is 1. The Bertz CT molecular complexity index is 420. The Morgan fingerprint density at radius 1 is 0.760 bits per heavy atom. The Hall–Kier alpha value is -0.460. The van der Waals surface area contributed by atoms with Crippen LogP contribution < -0.4 is 0 Å². The molecular weight excluding hydrogens is 340 g/mol. The van der Waals surface area contributed by atoms with Gasteiger partial charge in [0.15, 0.2) is 5.44 Å². The lowest BCUT2D eigenvalue weighted by Crippen LogP contribution is -2.20. The second kappa shape index (κ2) is 15.8. The van der Waals surface area contributed by atoms with E-state index in [1.54, 1.807) is 0 Å². The number of aliphatic hydroxyl groups is 1. The van der Waals surface area contributed by atoms with Gasteiger partial charge in [0, 0.05) is 12.8 Å². The SMILES string of the molecule is CCCCCCCCCCCCCCCC(=O)CCC(O)S(=O)(=O)O. The van der Waals surface area contributed by atoms with Crippen molar-refractivity contribution in [1.82, 2.24) is 0 Å². The van der Waals surface area contributed by atoms with Crippen molar-refractivity contribution < 1.29 is 22.9 Å². The Morgan fingerprint density at radius 2 is 1.16 bits per heavy atom. The number of rotatable bonds is 18. The number of aliphatic hydroxyl groups excluding tert-OH is 1. The number of hydrogen-bond donors (Lipinski definition) is 2. The van der Waals surface area contributed by atoms with E-state index in [1.165, 1.54) is 64.2 Å². The second-order valence-electron chi connectivity index (χ2n) is 7.04. The zero-order chi connectivity index (χ0) is 19.0. The second-order valence-corrected chi connectivity index (χ2v) is 8.61. The maximum Gasteiger partial charge on any atom is 0.292 e. The van der Waals surface area contributed by atoms with E-state index in [1.807, 2.05) is 0 Å². The van der Waals surface area contributed by atoms with Crippen LogP contribution in [0.4, 0.5) is 0 Å². The maximum absolute atomic E-state index is 11.6. The molecule has 2 N–H and O–H groups in total. The number of carbonyl (C=O) groups excluding carboxylic acids is 1. The number of hydrogen-bond acceptors (Lipinski definition) is 4. The molecule has 0 saturated carbocycles. The van der Waals surface area contributed by atoms with Gasteiger partial charge in [0.25, 0.3) is 10.1 Å². The van der Waals surface area contributed by atoms with E-state index in [2.05, 4.69) is 6.92 Å². The zero-order valence-corrected chi connectivity index (χ0v) is 16.7. The van der Waals surface area contributed by atoms with Crippen molar-refractivity contribution in [2.45, 2.75) is 115 Å². The minimum atomic E-state index is -4.44. The summed E-state index contributed by atoms with van der Waals surface area (Å²) in [6.45, 7) is 2.24. The van der Waals surface area contributed by atoms with Crippen molar-refractivity contribution in [2.75, 3.05) is 0 Å². The summed E-state index contributed by atoms with van der Waals surface area (Å²) in [5.41, 5.74) is -1.84. The molecule has 0 aliphatic heterocycles. The van der Waals surface area contributed by atoms with E-state index < -0.39 is 15.6 Å². The first-order chi connectivity index (χ1) is 11.9. The molecule has 0 aliphatic rings. The summed E-state index contributed by atoms with van der Waals surface area (Å²) in [7, 11) is -4.44. The first kappa shape index (κ1) is 24.5. The van der Waals surface area contributed by atoms with Crippen molar-refractivity contribution in [3.63, 3.8) is 0 Å². The third-order valence-corrected chi connectivity index (χ3v) is 5.50. The van der Waals surface area contributed by atoms with E-state index in [0.717, 1.165) is 19.3 Å². The standard InChI is InChI=1S/C19H38O5S/c1-2-3-4-5-6-7-8-9-10-11-12-13-14-15-18(20)16-17-19(21)25(22,23)24/h19,21H,2-17H2,1H3,(H,22,23,24). The van der Waals surface area contributed by atoms with Crippen LogP contribution in [0.2, 0.25) is 0 Å². The molecular formula is C19H38O5S. The zero-order valence-electron chi connectivity index (χ0n) is 15.9. The average Bonchev–Trinajstić information content (AvgIpc) is 2.56. The van der Waals surface area contributed by atoms with Crippen LogP contribution in [0.25, 0.3) is 0 Å². The smallest absolute Gasteiger partial charge is 0.292 e. The van der Waals surface area contributed by atoms with Gasteiger partial charge >= 0.3 is 0 Å². The summed E-state index contributed by atoms with van der Waals surface area (Å²) < 4.78 is 29.9. The fraction of sp³-hybridized carbons (Fsp3) is 0.947. The topological polar surface area (TPSA) is 91.7 Å². The summed E-state index contributed by atoms with van der Waals surface area (Å²) in [4.78, 5) is 11.6. The molecule has 0 fully saturated rings. The van der Waals surface area contributed by atoms with Gasteiger partial charge in [-0.25, -0.2) is 0 Å². The molecule has 5 nitrogen and oxygen atoms in total. The van der Waals surface area contributed by atoms with Crippen LogP contribution in [0.5, 0.6) is 0 Å². The highest BCUT2D eigenvalue weighted by Gasteiger charge is 2.20. The Morgan fingerprint density at radius 3 is 1.56 bits per heavy atom. The molecule has 0 rings (SSSR count). The van der Waals surface area contributed by atoms with Gasteiger partial charge < -0.3 is 5.11 Å². The Kier molecular flexibility index (Phi) is 15.5. The Balaban J connectivity index is 3.31. The van der Waals surface area contributed by atoms with Crippen LogP contribution in [-0.2, 0) is 14.9 Å². The lowest BCUT2D eigenvalue weighted by atomic mass is 10.0. The highest BCUT2D eigenvalue weighted by molar-refractivity contribution is 7.86. The molecule has 0 radical (unpaired) electrons.